The summed E-state index contributed by atoms with van der Waals surface area (Å²) in [5, 5.41) is 11.9. The van der Waals surface area contributed by atoms with Gasteiger partial charge >= 0.3 is 5.97 Å². The van der Waals surface area contributed by atoms with E-state index in [1.807, 2.05) is 13.8 Å². The van der Waals surface area contributed by atoms with Gasteiger partial charge in [0.1, 0.15) is 6.17 Å². The van der Waals surface area contributed by atoms with Crippen LogP contribution >= 0.6 is 12.2 Å². The van der Waals surface area contributed by atoms with E-state index in [1.165, 1.54) is 6.08 Å². The Hall–Kier alpha value is -1.67. The number of aliphatic hydroxyl groups is 1. The molecule has 4 aliphatic rings. The third kappa shape index (κ3) is 4.29. The van der Waals surface area contributed by atoms with E-state index in [-0.39, 0.29) is 47.6 Å². The highest BCUT2D eigenvalue weighted by molar-refractivity contribution is 7.80. The summed E-state index contributed by atoms with van der Waals surface area (Å²) in [6, 6.07) is 0. The maximum Gasteiger partial charge on any atom is 0.306 e. The fourth-order valence-corrected chi connectivity index (χ4v) is 9.06. The van der Waals surface area contributed by atoms with E-state index in [2.05, 4.69) is 6.92 Å². The topological polar surface area (TPSA) is 72.8 Å². The fourth-order valence-electron chi connectivity index (χ4n) is 8.50. The van der Waals surface area contributed by atoms with Gasteiger partial charge in [0.15, 0.2) is 11.4 Å². The zero-order valence-electron chi connectivity index (χ0n) is 23.2. The van der Waals surface area contributed by atoms with Crippen molar-refractivity contribution in [3.63, 3.8) is 0 Å². The second-order valence-corrected chi connectivity index (χ2v) is 12.7. The maximum absolute atomic E-state index is 15.7. The van der Waals surface area contributed by atoms with Crippen LogP contribution in [-0.4, -0.2) is 46.4 Å². The molecular weight excluding hydrogens is 510 g/mol. The van der Waals surface area contributed by atoms with Crippen molar-refractivity contribution in [1.29, 1.82) is 0 Å². The van der Waals surface area contributed by atoms with Crippen molar-refractivity contribution in [3.8, 4) is 0 Å². The van der Waals surface area contributed by atoms with Gasteiger partial charge in [0, 0.05) is 34.7 Å². The first-order chi connectivity index (χ1) is 17.9. The van der Waals surface area contributed by atoms with E-state index in [1.54, 1.807) is 19.9 Å². The summed E-state index contributed by atoms with van der Waals surface area (Å²) in [5.41, 5.74) is -3.31. The summed E-state index contributed by atoms with van der Waals surface area (Å²) >= 11 is 5.88. The van der Waals surface area contributed by atoms with E-state index >= 15 is 4.39 Å². The molecule has 0 unspecified atom stereocenters. The number of carbonyl (C=O) groups excluding carboxylic acids is 2. The Kier molecular flexibility index (Phi) is 8.27. The van der Waals surface area contributed by atoms with E-state index < -0.39 is 52.2 Å². The van der Waals surface area contributed by atoms with Crippen molar-refractivity contribution < 1.29 is 33.0 Å². The average molecular weight is 553 g/mol. The summed E-state index contributed by atoms with van der Waals surface area (Å²) < 4.78 is 43.1. The van der Waals surface area contributed by atoms with Crippen LogP contribution in [0.4, 0.5) is 8.78 Å². The highest BCUT2D eigenvalue weighted by Crippen LogP contribution is 2.70. The van der Waals surface area contributed by atoms with Gasteiger partial charge in [-0.05, 0) is 55.8 Å². The van der Waals surface area contributed by atoms with Crippen LogP contribution in [0.5, 0.6) is 0 Å². The number of allylic oxidation sites excluding steroid dienone is 4. The lowest BCUT2D eigenvalue weighted by Gasteiger charge is -2.60. The number of ether oxygens (including phenoxy) is 2. The molecule has 0 amide bonds. The summed E-state index contributed by atoms with van der Waals surface area (Å²) in [7, 11) is 0. The quantitative estimate of drug-likeness (QED) is 0.214. The van der Waals surface area contributed by atoms with Crippen LogP contribution in [0.3, 0.4) is 0 Å². The van der Waals surface area contributed by atoms with Gasteiger partial charge in [-0.15, -0.1) is 0 Å². The number of esters is 1. The predicted molar refractivity (Wildman–Crippen MR) is 145 cm³/mol. The molecular formula is C30H42F2O5S. The number of alkyl halides is 1. The molecule has 9 atom stereocenters. The lowest BCUT2D eigenvalue weighted by atomic mass is 9.46. The molecule has 0 aliphatic heterocycles. The molecule has 0 spiro atoms. The first kappa shape index (κ1) is 29.3. The fraction of sp³-hybridized carbons (Fsp3) is 0.767. The number of hydrogen-bond acceptors (Lipinski definition) is 6. The Bertz CT molecular complexity index is 1040. The van der Waals surface area contributed by atoms with Crippen LogP contribution < -0.4 is 0 Å². The summed E-state index contributed by atoms with van der Waals surface area (Å²) in [6.07, 6.45) is 5.20. The van der Waals surface area contributed by atoms with Gasteiger partial charge in [-0.3, -0.25) is 9.59 Å². The van der Waals surface area contributed by atoms with Gasteiger partial charge in [-0.2, -0.15) is 0 Å². The number of ketones is 1. The normalized spacial score (nSPS) is 41.8. The Morgan fingerprint density at radius 2 is 1.92 bits per heavy atom. The van der Waals surface area contributed by atoms with Crippen molar-refractivity contribution in [1.82, 2.24) is 0 Å². The number of carbonyl (C=O) groups is 2. The smallest absolute Gasteiger partial charge is 0.306 e. The average Bonchev–Trinajstić information content (AvgIpc) is 3.08. The third-order valence-electron chi connectivity index (χ3n) is 10.2. The van der Waals surface area contributed by atoms with Crippen LogP contribution in [0, 0.1) is 34.5 Å². The molecule has 1 N–H and O–H groups in total. The molecule has 0 aromatic carbocycles. The van der Waals surface area contributed by atoms with Gasteiger partial charge in [0.05, 0.1) is 12.7 Å². The highest BCUT2D eigenvalue weighted by atomic mass is 32.1. The number of unbranched alkanes of at least 4 members (excludes halogenated alkanes) is 3. The van der Waals surface area contributed by atoms with Crippen molar-refractivity contribution in [3.05, 3.63) is 23.6 Å². The number of halogens is 2. The van der Waals surface area contributed by atoms with E-state index in [4.69, 9.17) is 21.7 Å². The minimum Gasteiger partial charge on any atom is -0.483 e. The van der Waals surface area contributed by atoms with Crippen LogP contribution in [0.1, 0.15) is 86.0 Å². The minimum atomic E-state index is -1.64. The summed E-state index contributed by atoms with van der Waals surface area (Å²) in [4.78, 5) is 24.9. The maximum atomic E-state index is 15.7. The van der Waals surface area contributed by atoms with Gasteiger partial charge in [0.25, 0.3) is 0 Å². The predicted octanol–water partition coefficient (Wildman–Crippen LogP) is 6.37. The molecule has 5 nitrogen and oxygen atoms in total. The standard InChI is InChI=1S/C30H42F2O5S/c1-6-8-9-10-13-36-27(38)30(37-23(35)7-2)17(3)14-19-18-15-20(31)25-26(32)21(33)11-12-28(25,4)24(18)22(34)16-29(19,30)5/h11-12,17-20,22,24,34H,6-10,13-16H2,1-5H3/t17-,18-,19-,20-,22-,24+,28+,29-,30-/m0/s1. The Morgan fingerprint density at radius 3 is 2.58 bits per heavy atom. The van der Waals surface area contributed by atoms with Gasteiger partial charge in [-0.1, -0.05) is 60.0 Å². The van der Waals surface area contributed by atoms with E-state index in [0.29, 0.717) is 13.0 Å². The van der Waals surface area contributed by atoms with Gasteiger partial charge in [0.2, 0.25) is 10.8 Å². The lowest BCUT2D eigenvalue weighted by Crippen LogP contribution is -2.64. The number of aliphatic hydroxyl groups excluding tert-OH is 1. The molecule has 4 aliphatic carbocycles. The molecule has 0 aromatic rings. The molecule has 0 bridgehead atoms. The second kappa shape index (κ2) is 10.7. The molecule has 3 fully saturated rings. The first-order valence-corrected chi connectivity index (χ1v) is 14.6. The van der Waals surface area contributed by atoms with Crippen molar-refractivity contribution in [2.75, 3.05) is 6.61 Å². The summed E-state index contributed by atoms with van der Waals surface area (Å²) in [5.74, 6) is -3.43. The summed E-state index contributed by atoms with van der Waals surface area (Å²) in [6.45, 7) is 9.98. The monoisotopic (exact) mass is 552 g/mol. The molecule has 0 aromatic heterocycles. The molecule has 3 saturated carbocycles. The number of fused-ring (bicyclic) bond motifs is 5. The Balaban J connectivity index is 1.73. The Morgan fingerprint density at radius 1 is 1.21 bits per heavy atom. The van der Waals surface area contributed by atoms with Crippen LogP contribution in [0.15, 0.2) is 23.6 Å². The largest absolute Gasteiger partial charge is 0.483 e. The van der Waals surface area contributed by atoms with Crippen molar-refractivity contribution >= 4 is 29.0 Å². The third-order valence-corrected chi connectivity index (χ3v) is 10.6. The SMILES string of the molecule is CCCCCCOC(=S)[C@@]1(OC(=O)CC)[C@@H](C)C[C@H]2[C@@H]3C[C@H](F)C4=C(F)C(=O)C=C[C@]4(C)[C@H]3[C@@H](O)C[C@@]21C. The number of rotatable bonds is 8. The second-order valence-electron chi connectivity index (χ2n) is 12.3. The molecule has 0 saturated heterocycles. The number of hydrogen-bond donors (Lipinski definition) is 1. The van der Waals surface area contributed by atoms with Crippen LogP contribution in [0.25, 0.3) is 0 Å². The highest BCUT2D eigenvalue weighted by Gasteiger charge is 2.73. The zero-order chi connectivity index (χ0) is 28.0. The molecule has 38 heavy (non-hydrogen) atoms. The van der Waals surface area contributed by atoms with E-state index in [0.717, 1.165) is 25.7 Å². The zero-order valence-corrected chi connectivity index (χ0v) is 24.0. The van der Waals surface area contributed by atoms with Crippen LogP contribution in [0.2, 0.25) is 0 Å². The van der Waals surface area contributed by atoms with Crippen molar-refractivity contribution in [2.45, 2.75) is 104 Å². The lowest BCUT2D eigenvalue weighted by molar-refractivity contribution is -0.188. The Labute approximate surface area is 230 Å². The minimum absolute atomic E-state index is 0.00337. The molecule has 212 valence electrons. The van der Waals surface area contributed by atoms with Crippen LogP contribution in [-0.2, 0) is 19.1 Å². The van der Waals surface area contributed by atoms with Crippen molar-refractivity contribution in [2.24, 2.45) is 34.5 Å². The first-order valence-electron chi connectivity index (χ1n) is 14.2. The van der Waals surface area contributed by atoms with E-state index in [9.17, 15) is 19.1 Å². The molecule has 0 radical (unpaired) electrons. The van der Waals surface area contributed by atoms with Gasteiger partial charge < -0.3 is 14.6 Å². The molecule has 8 heteroatoms. The van der Waals surface area contributed by atoms with Gasteiger partial charge in [-0.25, -0.2) is 8.78 Å². The molecule has 0 heterocycles. The number of thiocarbonyl (C=S) groups is 1. The molecule has 4 rings (SSSR count).